The Hall–Kier alpha value is -1.77. The van der Waals surface area contributed by atoms with Crippen molar-refractivity contribution in [3.05, 3.63) is 47.6 Å². The number of allylic oxidation sites excluding steroid dienone is 2. The van der Waals surface area contributed by atoms with Crippen molar-refractivity contribution in [1.82, 2.24) is 10.2 Å². The van der Waals surface area contributed by atoms with Gasteiger partial charge in [0.15, 0.2) is 0 Å². The van der Waals surface area contributed by atoms with Crippen molar-refractivity contribution < 1.29 is 0 Å². The highest BCUT2D eigenvalue weighted by atomic mass is 15.3. The smallest absolute Gasteiger partial charge is 0.143 e. The van der Waals surface area contributed by atoms with Crippen molar-refractivity contribution in [3.8, 4) is 0 Å². The molecule has 0 spiro atoms. The van der Waals surface area contributed by atoms with Gasteiger partial charge in [-0.3, -0.25) is 0 Å². The van der Waals surface area contributed by atoms with Crippen molar-refractivity contribution in [2.24, 2.45) is 4.99 Å². The Balaban J connectivity index is 2.56. The maximum Gasteiger partial charge on any atom is 0.143 e. The largest absolute Gasteiger partial charge is 0.345 e. The summed E-state index contributed by atoms with van der Waals surface area (Å²) in [6.45, 7) is 12.1. The van der Waals surface area contributed by atoms with Gasteiger partial charge in [0.1, 0.15) is 11.7 Å². The predicted molar refractivity (Wildman–Crippen MR) is 81.5 cm³/mol. The summed E-state index contributed by atoms with van der Waals surface area (Å²) in [6.07, 6.45) is 6.49. The number of likely N-dealkylation sites (N-methyl/N-ethyl adjacent to an activating group) is 1. The third kappa shape index (κ3) is 2.50. The van der Waals surface area contributed by atoms with Gasteiger partial charge in [-0.1, -0.05) is 18.7 Å². The summed E-state index contributed by atoms with van der Waals surface area (Å²) in [7, 11) is 1.99. The molecule has 0 unspecified atom stereocenters. The van der Waals surface area contributed by atoms with Crippen LogP contribution in [-0.4, -0.2) is 17.8 Å². The maximum absolute atomic E-state index is 4.47. The van der Waals surface area contributed by atoms with E-state index in [9.17, 15) is 0 Å². The van der Waals surface area contributed by atoms with Crippen LogP contribution in [0.2, 0.25) is 0 Å². The number of aliphatic imine (C=N–C) groups is 1. The molecule has 3 nitrogen and oxygen atoms in total. The van der Waals surface area contributed by atoms with Crippen LogP contribution in [0.4, 0.5) is 0 Å². The fraction of sp³-hybridized carbons (Fsp3) is 0.438. The third-order valence-corrected chi connectivity index (χ3v) is 3.91. The van der Waals surface area contributed by atoms with E-state index in [-0.39, 0.29) is 0 Å². The second-order valence-corrected chi connectivity index (χ2v) is 5.23. The van der Waals surface area contributed by atoms with Crippen molar-refractivity contribution in [2.75, 3.05) is 7.05 Å². The van der Waals surface area contributed by atoms with Gasteiger partial charge in [-0.05, 0) is 45.1 Å². The summed E-state index contributed by atoms with van der Waals surface area (Å²) < 4.78 is 0. The molecule has 0 aromatic carbocycles. The van der Waals surface area contributed by atoms with Gasteiger partial charge in [-0.15, -0.1) is 0 Å². The molecule has 2 aliphatic rings. The highest BCUT2D eigenvalue weighted by Crippen LogP contribution is 2.34. The lowest BCUT2D eigenvalue weighted by Crippen LogP contribution is -2.40. The fourth-order valence-corrected chi connectivity index (χ4v) is 2.82. The molecule has 0 amide bonds. The van der Waals surface area contributed by atoms with Gasteiger partial charge in [0.05, 0.1) is 0 Å². The monoisotopic (exact) mass is 257 g/mol. The first kappa shape index (κ1) is 13.7. The first-order valence-corrected chi connectivity index (χ1v) is 6.85. The van der Waals surface area contributed by atoms with E-state index in [1.165, 1.54) is 36.0 Å². The number of amidine groups is 1. The second kappa shape index (κ2) is 5.47. The standard InChI is InChI=1S/C16H23N3/c1-6-17-16-15(12(3)18-13(4)19(16)5)14-10-8-7-9-11(14)2/h6,18H,1,4,7-10H2,2-3,5H3/b17-16-. The Kier molecular flexibility index (Phi) is 3.93. The average Bonchev–Trinajstić information content (AvgIpc) is 2.38. The minimum atomic E-state index is 0.857. The zero-order valence-corrected chi connectivity index (χ0v) is 12.2. The summed E-state index contributed by atoms with van der Waals surface area (Å²) in [4.78, 5) is 6.47. The minimum absolute atomic E-state index is 0.857. The molecule has 2 rings (SSSR count). The van der Waals surface area contributed by atoms with Crippen molar-refractivity contribution in [2.45, 2.75) is 39.5 Å². The first-order chi connectivity index (χ1) is 9.06. The van der Waals surface area contributed by atoms with Crippen molar-refractivity contribution >= 4 is 5.84 Å². The third-order valence-electron chi connectivity index (χ3n) is 3.91. The first-order valence-electron chi connectivity index (χ1n) is 6.85. The molecule has 1 aliphatic heterocycles. The van der Waals surface area contributed by atoms with Crippen LogP contribution >= 0.6 is 0 Å². The lowest BCUT2D eigenvalue weighted by molar-refractivity contribution is 0.556. The zero-order valence-electron chi connectivity index (χ0n) is 12.2. The summed E-state index contributed by atoms with van der Waals surface area (Å²) in [5.74, 6) is 1.81. The molecule has 1 aliphatic carbocycles. The highest BCUT2D eigenvalue weighted by Gasteiger charge is 2.27. The van der Waals surface area contributed by atoms with Crippen LogP contribution in [0.15, 0.2) is 52.6 Å². The molecule has 1 N–H and O–H groups in total. The van der Waals surface area contributed by atoms with E-state index in [1.807, 2.05) is 11.9 Å². The Morgan fingerprint density at radius 1 is 1.26 bits per heavy atom. The van der Waals surface area contributed by atoms with E-state index in [1.54, 1.807) is 6.20 Å². The number of rotatable bonds is 2. The molecule has 0 aromatic rings. The van der Waals surface area contributed by atoms with Crippen molar-refractivity contribution in [1.29, 1.82) is 0 Å². The van der Waals surface area contributed by atoms with Crippen LogP contribution in [0.3, 0.4) is 0 Å². The Morgan fingerprint density at radius 2 is 1.95 bits per heavy atom. The zero-order chi connectivity index (χ0) is 14.0. The molecule has 102 valence electrons. The number of nitrogens with one attached hydrogen (secondary N) is 1. The van der Waals surface area contributed by atoms with Crippen LogP contribution in [0.25, 0.3) is 0 Å². The molecule has 0 atom stereocenters. The van der Waals surface area contributed by atoms with Gasteiger partial charge in [-0.25, -0.2) is 4.99 Å². The molecule has 0 radical (unpaired) electrons. The molecule has 0 bridgehead atoms. The Morgan fingerprint density at radius 3 is 2.58 bits per heavy atom. The van der Waals surface area contributed by atoms with Crippen LogP contribution < -0.4 is 5.32 Å². The highest BCUT2D eigenvalue weighted by molar-refractivity contribution is 6.05. The quantitative estimate of drug-likeness (QED) is 0.817. The minimum Gasteiger partial charge on any atom is -0.345 e. The SMILES string of the molecule is C=C/N=C1/C(C2=C(C)CCCC2)=C(C)NC(=C)N1C. The van der Waals surface area contributed by atoms with E-state index in [2.05, 4.69) is 37.3 Å². The number of nitrogens with zero attached hydrogens (tertiary/aromatic N) is 2. The molecular weight excluding hydrogens is 234 g/mol. The van der Waals surface area contributed by atoms with E-state index >= 15 is 0 Å². The predicted octanol–water partition coefficient (Wildman–Crippen LogP) is 3.70. The summed E-state index contributed by atoms with van der Waals surface area (Å²) in [5, 5.41) is 3.35. The number of hydrogen-bond acceptors (Lipinski definition) is 2. The molecule has 3 heteroatoms. The lowest BCUT2D eigenvalue weighted by atomic mass is 9.86. The molecule has 19 heavy (non-hydrogen) atoms. The fourth-order valence-electron chi connectivity index (χ4n) is 2.82. The van der Waals surface area contributed by atoms with Gasteiger partial charge < -0.3 is 10.2 Å². The topological polar surface area (TPSA) is 27.6 Å². The average molecular weight is 257 g/mol. The van der Waals surface area contributed by atoms with E-state index in [0.717, 1.165) is 23.8 Å². The van der Waals surface area contributed by atoms with Gasteiger partial charge in [0.25, 0.3) is 0 Å². The summed E-state index contributed by atoms with van der Waals surface area (Å²) >= 11 is 0. The second-order valence-electron chi connectivity index (χ2n) is 5.23. The van der Waals surface area contributed by atoms with E-state index in [4.69, 9.17) is 0 Å². The van der Waals surface area contributed by atoms with Crippen LogP contribution in [-0.2, 0) is 0 Å². The van der Waals surface area contributed by atoms with Gasteiger partial charge in [0.2, 0.25) is 0 Å². The van der Waals surface area contributed by atoms with Crippen LogP contribution in [0.1, 0.15) is 39.5 Å². The van der Waals surface area contributed by atoms with Gasteiger partial charge >= 0.3 is 0 Å². The molecule has 0 aromatic heterocycles. The molecule has 1 heterocycles. The normalized spacial score (nSPS) is 23.0. The van der Waals surface area contributed by atoms with Gasteiger partial charge in [-0.2, -0.15) is 0 Å². The summed E-state index contributed by atoms with van der Waals surface area (Å²) in [5.41, 5.74) is 5.29. The summed E-state index contributed by atoms with van der Waals surface area (Å²) in [6, 6.07) is 0. The molecule has 0 saturated carbocycles. The lowest BCUT2D eigenvalue weighted by Gasteiger charge is -2.34. The van der Waals surface area contributed by atoms with Crippen LogP contribution in [0, 0.1) is 0 Å². The van der Waals surface area contributed by atoms with E-state index in [0.29, 0.717) is 0 Å². The maximum atomic E-state index is 4.47. The van der Waals surface area contributed by atoms with Crippen LogP contribution in [0.5, 0.6) is 0 Å². The Labute approximate surface area is 116 Å². The van der Waals surface area contributed by atoms with Gasteiger partial charge in [0, 0.05) is 24.5 Å². The Bertz CT molecular complexity index is 506. The van der Waals surface area contributed by atoms with E-state index < -0.39 is 0 Å². The molecule has 0 fully saturated rings. The number of hydrogen-bond donors (Lipinski definition) is 1. The molecular formula is C16H23N3. The van der Waals surface area contributed by atoms with Crippen molar-refractivity contribution in [3.63, 3.8) is 0 Å². The molecule has 0 saturated heterocycles.